The molecule has 4 N–H and O–H groups in total. The summed E-state index contributed by atoms with van der Waals surface area (Å²) >= 11 is 0. The Bertz CT molecular complexity index is 742. The predicted molar refractivity (Wildman–Crippen MR) is 108 cm³/mol. The standard InChI is InChI=1S/C20H25N3O2.ClH/c1-20(2,3)23-19(25)15-10-7-11-16(12-15)22-18(24)13-17(21)14-8-5-4-6-9-14;/h4-12,17H,13,21H2,1-3H3,(H,22,24)(H,23,25);1H. The van der Waals surface area contributed by atoms with Crippen LogP contribution in [-0.2, 0) is 4.79 Å². The van der Waals surface area contributed by atoms with Gasteiger partial charge in [0.05, 0.1) is 0 Å². The molecule has 0 fully saturated rings. The van der Waals surface area contributed by atoms with E-state index in [4.69, 9.17) is 5.73 Å². The summed E-state index contributed by atoms with van der Waals surface area (Å²) in [6.45, 7) is 5.75. The maximum atomic E-state index is 12.2. The highest BCUT2D eigenvalue weighted by Crippen LogP contribution is 2.16. The first kappa shape index (κ1) is 21.7. The van der Waals surface area contributed by atoms with Crippen LogP contribution in [-0.4, -0.2) is 17.4 Å². The Morgan fingerprint density at radius 3 is 2.31 bits per heavy atom. The summed E-state index contributed by atoms with van der Waals surface area (Å²) in [5, 5.41) is 5.70. The Labute approximate surface area is 160 Å². The first-order valence-electron chi connectivity index (χ1n) is 8.27. The average Bonchev–Trinajstić information content (AvgIpc) is 2.54. The van der Waals surface area contributed by atoms with Crippen molar-refractivity contribution in [3.63, 3.8) is 0 Å². The molecule has 0 spiro atoms. The molecular formula is C20H26ClN3O2. The zero-order valence-corrected chi connectivity index (χ0v) is 16.1. The van der Waals surface area contributed by atoms with Crippen molar-refractivity contribution in [2.75, 3.05) is 5.32 Å². The molecule has 2 aromatic rings. The van der Waals surface area contributed by atoms with Crippen LogP contribution in [0.25, 0.3) is 0 Å². The second-order valence-corrected chi connectivity index (χ2v) is 7.05. The van der Waals surface area contributed by atoms with Crippen molar-refractivity contribution in [3.05, 3.63) is 65.7 Å². The number of hydrogen-bond acceptors (Lipinski definition) is 3. The van der Waals surface area contributed by atoms with Gasteiger partial charge in [0.1, 0.15) is 0 Å². The van der Waals surface area contributed by atoms with E-state index in [0.717, 1.165) is 5.56 Å². The van der Waals surface area contributed by atoms with Gasteiger partial charge in [-0.1, -0.05) is 36.4 Å². The molecule has 1 atom stereocenters. The second-order valence-electron chi connectivity index (χ2n) is 7.05. The van der Waals surface area contributed by atoms with Crippen LogP contribution < -0.4 is 16.4 Å². The Morgan fingerprint density at radius 1 is 1.04 bits per heavy atom. The number of carbonyl (C=O) groups is 2. The molecule has 0 saturated carbocycles. The van der Waals surface area contributed by atoms with E-state index in [-0.39, 0.29) is 42.2 Å². The average molecular weight is 376 g/mol. The van der Waals surface area contributed by atoms with Crippen molar-refractivity contribution in [2.45, 2.75) is 38.8 Å². The zero-order valence-electron chi connectivity index (χ0n) is 15.3. The quantitative estimate of drug-likeness (QED) is 0.745. The summed E-state index contributed by atoms with van der Waals surface area (Å²) in [5.74, 6) is -0.366. The Kier molecular flexibility index (Phi) is 7.80. The third kappa shape index (κ3) is 6.86. The van der Waals surface area contributed by atoms with Gasteiger partial charge in [-0.15, -0.1) is 12.4 Å². The zero-order chi connectivity index (χ0) is 18.4. The van der Waals surface area contributed by atoms with Gasteiger partial charge < -0.3 is 16.4 Å². The number of nitrogens with one attached hydrogen (secondary N) is 2. The van der Waals surface area contributed by atoms with E-state index < -0.39 is 0 Å². The number of rotatable bonds is 5. The number of amides is 2. The van der Waals surface area contributed by atoms with Crippen LogP contribution in [0.5, 0.6) is 0 Å². The molecule has 0 radical (unpaired) electrons. The summed E-state index contributed by atoms with van der Waals surface area (Å²) in [7, 11) is 0. The van der Waals surface area contributed by atoms with Gasteiger partial charge in [-0.3, -0.25) is 9.59 Å². The molecule has 5 nitrogen and oxygen atoms in total. The van der Waals surface area contributed by atoms with Crippen molar-refractivity contribution in [2.24, 2.45) is 5.73 Å². The van der Waals surface area contributed by atoms with E-state index in [0.29, 0.717) is 11.3 Å². The van der Waals surface area contributed by atoms with E-state index in [1.807, 2.05) is 51.1 Å². The molecule has 0 aliphatic carbocycles. The maximum absolute atomic E-state index is 12.2. The minimum Gasteiger partial charge on any atom is -0.347 e. The molecule has 0 bridgehead atoms. The van der Waals surface area contributed by atoms with Crippen molar-refractivity contribution < 1.29 is 9.59 Å². The van der Waals surface area contributed by atoms with Crippen molar-refractivity contribution in [3.8, 4) is 0 Å². The molecular weight excluding hydrogens is 350 g/mol. The van der Waals surface area contributed by atoms with Crippen LogP contribution in [0.15, 0.2) is 54.6 Å². The molecule has 26 heavy (non-hydrogen) atoms. The molecule has 0 saturated heterocycles. The molecule has 2 rings (SSSR count). The first-order valence-corrected chi connectivity index (χ1v) is 8.27. The van der Waals surface area contributed by atoms with Gasteiger partial charge in [0, 0.05) is 29.3 Å². The van der Waals surface area contributed by atoms with Gasteiger partial charge in [0.25, 0.3) is 5.91 Å². The fourth-order valence-electron chi connectivity index (χ4n) is 2.38. The van der Waals surface area contributed by atoms with Crippen LogP contribution in [0.4, 0.5) is 5.69 Å². The highest BCUT2D eigenvalue weighted by Gasteiger charge is 2.16. The Hall–Kier alpha value is -2.37. The number of carbonyl (C=O) groups excluding carboxylic acids is 2. The van der Waals surface area contributed by atoms with E-state index >= 15 is 0 Å². The summed E-state index contributed by atoms with van der Waals surface area (Å²) in [4.78, 5) is 24.4. The third-order valence-corrected chi connectivity index (χ3v) is 3.53. The predicted octanol–water partition coefficient (Wildman–Crippen LogP) is 3.67. The van der Waals surface area contributed by atoms with Crippen LogP contribution in [0.1, 0.15) is 49.2 Å². The highest BCUT2D eigenvalue weighted by atomic mass is 35.5. The van der Waals surface area contributed by atoms with Crippen LogP contribution in [0, 0.1) is 0 Å². The highest BCUT2D eigenvalue weighted by molar-refractivity contribution is 5.97. The molecule has 0 aromatic heterocycles. The fraction of sp³-hybridized carbons (Fsp3) is 0.300. The molecule has 140 valence electrons. The van der Waals surface area contributed by atoms with Gasteiger partial charge in [-0.2, -0.15) is 0 Å². The number of benzene rings is 2. The summed E-state index contributed by atoms with van der Waals surface area (Å²) < 4.78 is 0. The van der Waals surface area contributed by atoms with Crippen LogP contribution >= 0.6 is 12.4 Å². The molecule has 1 unspecified atom stereocenters. The largest absolute Gasteiger partial charge is 0.347 e. The lowest BCUT2D eigenvalue weighted by molar-refractivity contribution is -0.116. The molecule has 2 aromatic carbocycles. The van der Waals surface area contributed by atoms with Gasteiger partial charge >= 0.3 is 0 Å². The lowest BCUT2D eigenvalue weighted by atomic mass is 10.0. The number of hydrogen-bond donors (Lipinski definition) is 3. The van der Waals surface area contributed by atoms with Gasteiger partial charge in [0.15, 0.2) is 0 Å². The van der Waals surface area contributed by atoms with E-state index in [9.17, 15) is 9.59 Å². The monoisotopic (exact) mass is 375 g/mol. The molecule has 2 amide bonds. The smallest absolute Gasteiger partial charge is 0.251 e. The Balaban J connectivity index is 0.00000338. The normalized spacial score (nSPS) is 11.8. The second kappa shape index (κ2) is 9.36. The summed E-state index contributed by atoms with van der Waals surface area (Å²) in [6, 6.07) is 16.0. The fourth-order valence-corrected chi connectivity index (χ4v) is 2.38. The Morgan fingerprint density at radius 2 is 1.69 bits per heavy atom. The van der Waals surface area contributed by atoms with Crippen molar-refractivity contribution >= 4 is 29.9 Å². The minimum atomic E-state index is -0.367. The summed E-state index contributed by atoms with van der Waals surface area (Å²) in [6.07, 6.45) is 0.169. The molecule has 0 aliphatic rings. The van der Waals surface area contributed by atoms with E-state index in [2.05, 4.69) is 10.6 Å². The lowest BCUT2D eigenvalue weighted by Gasteiger charge is -2.20. The van der Waals surface area contributed by atoms with E-state index in [1.54, 1.807) is 24.3 Å². The number of nitrogens with two attached hydrogens (primary N) is 1. The number of halogens is 1. The third-order valence-electron chi connectivity index (χ3n) is 3.53. The van der Waals surface area contributed by atoms with Crippen molar-refractivity contribution in [1.29, 1.82) is 0 Å². The van der Waals surface area contributed by atoms with Gasteiger partial charge in [-0.25, -0.2) is 0 Å². The molecule has 0 aliphatic heterocycles. The van der Waals surface area contributed by atoms with E-state index in [1.165, 1.54) is 0 Å². The van der Waals surface area contributed by atoms with Crippen molar-refractivity contribution in [1.82, 2.24) is 5.32 Å². The van der Waals surface area contributed by atoms with Gasteiger partial charge in [0.2, 0.25) is 5.91 Å². The minimum absolute atomic E-state index is 0. The maximum Gasteiger partial charge on any atom is 0.251 e. The molecule has 0 heterocycles. The summed E-state index contributed by atoms with van der Waals surface area (Å²) in [5.41, 5.74) is 7.74. The van der Waals surface area contributed by atoms with Crippen LogP contribution in [0.3, 0.4) is 0 Å². The SMILES string of the molecule is CC(C)(C)NC(=O)c1cccc(NC(=O)CC(N)c2ccccc2)c1.Cl. The first-order chi connectivity index (χ1) is 11.7. The van der Waals surface area contributed by atoms with Gasteiger partial charge in [-0.05, 0) is 44.5 Å². The van der Waals surface area contributed by atoms with Crippen LogP contribution in [0.2, 0.25) is 0 Å². The topological polar surface area (TPSA) is 84.2 Å². The number of anilines is 1. The molecule has 6 heteroatoms. The lowest BCUT2D eigenvalue weighted by Crippen LogP contribution is -2.40.